The molecule has 1 rings (SSSR count). The molecule has 0 saturated heterocycles. The molecule has 72 valence electrons. The first-order valence-corrected chi connectivity index (χ1v) is 3.91. The van der Waals surface area contributed by atoms with Crippen LogP contribution in [0.1, 0.15) is 6.92 Å². The lowest BCUT2D eigenvalue weighted by atomic mass is 10.3. The van der Waals surface area contributed by atoms with Crippen molar-refractivity contribution < 1.29 is 14.6 Å². The van der Waals surface area contributed by atoms with Gasteiger partial charge in [-0.15, -0.1) is 0 Å². The van der Waals surface area contributed by atoms with Crippen molar-refractivity contribution in [3.05, 3.63) is 12.7 Å². The van der Waals surface area contributed by atoms with Gasteiger partial charge in [0, 0.05) is 0 Å². The van der Waals surface area contributed by atoms with Crippen LogP contribution in [0, 0.1) is 0 Å². The molecule has 1 aromatic heterocycles. The Morgan fingerprint density at radius 3 is 3.08 bits per heavy atom. The summed E-state index contributed by atoms with van der Waals surface area (Å²) >= 11 is 0. The first-order valence-electron chi connectivity index (χ1n) is 3.91. The molecule has 0 spiro atoms. The predicted octanol–water partition coefficient (Wildman–Crippen LogP) is -0.798. The fourth-order valence-electron chi connectivity index (χ4n) is 0.817. The highest BCUT2D eigenvalue weighted by Crippen LogP contribution is 1.92. The highest BCUT2D eigenvalue weighted by molar-refractivity contribution is 5.74. The summed E-state index contributed by atoms with van der Waals surface area (Å²) in [5.74, 6) is -0.641. The van der Waals surface area contributed by atoms with Crippen LogP contribution in [0.3, 0.4) is 0 Å². The summed E-state index contributed by atoms with van der Waals surface area (Å²) in [5, 5.41) is 13.0. The molecule has 1 N–H and O–H groups in total. The minimum absolute atomic E-state index is 0.0683. The highest BCUT2D eigenvalue weighted by Gasteiger charge is 2.16. The first-order chi connectivity index (χ1) is 6.24. The van der Waals surface area contributed by atoms with Crippen molar-refractivity contribution in [1.29, 1.82) is 0 Å². The van der Waals surface area contributed by atoms with Gasteiger partial charge in [0.05, 0.1) is 13.2 Å². The summed E-state index contributed by atoms with van der Waals surface area (Å²) in [7, 11) is 0. The number of carbonyl (C=O) groups is 1. The molecule has 1 unspecified atom stereocenters. The molecule has 0 aliphatic carbocycles. The van der Waals surface area contributed by atoms with Gasteiger partial charge in [0.15, 0.2) is 6.10 Å². The van der Waals surface area contributed by atoms with Crippen molar-refractivity contribution in [2.45, 2.75) is 19.6 Å². The molecule has 0 aliphatic rings. The van der Waals surface area contributed by atoms with Gasteiger partial charge in [-0.2, -0.15) is 5.10 Å². The summed E-state index contributed by atoms with van der Waals surface area (Å²) in [4.78, 5) is 14.6. The lowest BCUT2D eigenvalue weighted by molar-refractivity contribution is -0.153. The zero-order chi connectivity index (χ0) is 9.68. The molecule has 1 aromatic rings. The number of aliphatic hydroxyl groups excluding tert-OH is 1. The van der Waals surface area contributed by atoms with Gasteiger partial charge in [-0.05, 0) is 6.92 Å². The summed E-state index contributed by atoms with van der Waals surface area (Å²) < 4.78 is 5.96. The number of carbonyl (C=O) groups excluding carboxylic acids is 1. The van der Waals surface area contributed by atoms with Crippen LogP contribution in [0.2, 0.25) is 0 Å². The molecule has 0 saturated carbocycles. The number of hydrogen-bond donors (Lipinski definition) is 1. The minimum atomic E-state index is -1.18. The van der Waals surface area contributed by atoms with E-state index in [4.69, 9.17) is 0 Å². The van der Waals surface area contributed by atoms with Crippen LogP contribution >= 0.6 is 0 Å². The molecule has 1 heterocycles. The minimum Gasteiger partial charge on any atom is -0.464 e. The Labute approximate surface area is 75.2 Å². The standard InChI is InChI=1S/C7H11N3O3/c1-2-13-7(12)6(11)3-10-5-8-4-9-10/h4-6,11H,2-3H2,1H3. The number of rotatable bonds is 4. The van der Waals surface area contributed by atoms with Crippen molar-refractivity contribution in [2.75, 3.05) is 6.61 Å². The van der Waals surface area contributed by atoms with Crippen LogP contribution in [0.5, 0.6) is 0 Å². The molecule has 0 bridgehead atoms. The Hall–Kier alpha value is -1.43. The molecule has 0 aliphatic heterocycles. The van der Waals surface area contributed by atoms with Crippen molar-refractivity contribution in [3.63, 3.8) is 0 Å². The third-order valence-electron chi connectivity index (χ3n) is 1.39. The molecule has 6 nitrogen and oxygen atoms in total. The van der Waals surface area contributed by atoms with Gasteiger partial charge < -0.3 is 9.84 Å². The first kappa shape index (κ1) is 9.66. The maximum absolute atomic E-state index is 10.9. The van der Waals surface area contributed by atoms with E-state index in [0.717, 1.165) is 0 Å². The molecule has 1 atom stereocenters. The number of nitrogens with zero attached hydrogens (tertiary/aromatic N) is 3. The molecule has 6 heteroatoms. The van der Waals surface area contributed by atoms with E-state index in [9.17, 15) is 9.90 Å². The van der Waals surface area contributed by atoms with Crippen molar-refractivity contribution in [1.82, 2.24) is 14.8 Å². The Balaban J connectivity index is 2.41. The zero-order valence-electron chi connectivity index (χ0n) is 7.25. The van der Waals surface area contributed by atoms with Crippen LogP contribution in [0.4, 0.5) is 0 Å². The maximum Gasteiger partial charge on any atom is 0.336 e. The predicted molar refractivity (Wildman–Crippen MR) is 42.7 cm³/mol. The summed E-state index contributed by atoms with van der Waals surface area (Å²) in [6.45, 7) is 2.01. The molecular formula is C7H11N3O3. The van der Waals surface area contributed by atoms with Crippen molar-refractivity contribution in [2.24, 2.45) is 0 Å². The average Bonchev–Trinajstić information content (AvgIpc) is 2.57. The second-order valence-corrected chi connectivity index (χ2v) is 2.39. The quantitative estimate of drug-likeness (QED) is 0.621. The van der Waals surface area contributed by atoms with Gasteiger partial charge in [-0.1, -0.05) is 0 Å². The Morgan fingerprint density at radius 2 is 2.54 bits per heavy atom. The van der Waals surface area contributed by atoms with E-state index in [1.807, 2.05) is 0 Å². The molecule has 13 heavy (non-hydrogen) atoms. The topological polar surface area (TPSA) is 77.2 Å². The lowest BCUT2D eigenvalue weighted by Gasteiger charge is -2.08. The normalized spacial score (nSPS) is 12.5. The fourth-order valence-corrected chi connectivity index (χ4v) is 0.817. The second-order valence-electron chi connectivity index (χ2n) is 2.39. The number of ether oxygens (including phenoxy) is 1. The van der Waals surface area contributed by atoms with E-state index in [1.54, 1.807) is 6.92 Å². The zero-order valence-corrected chi connectivity index (χ0v) is 7.25. The van der Waals surface area contributed by atoms with Crippen LogP contribution in [0.15, 0.2) is 12.7 Å². The van der Waals surface area contributed by atoms with Gasteiger partial charge in [0.1, 0.15) is 12.7 Å². The SMILES string of the molecule is CCOC(=O)C(O)Cn1cncn1. The summed E-state index contributed by atoms with van der Waals surface area (Å²) in [6.07, 6.45) is 1.57. The van der Waals surface area contributed by atoms with Gasteiger partial charge in [0.25, 0.3) is 0 Å². The average molecular weight is 185 g/mol. The smallest absolute Gasteiger partial charge is 0.336 e. The Bertz CT molecular complexity index is 260. The van der Waals surface area contributed by atoms with Gasteiger partial charge in [-0.3, -0.25) is 0 Å². The largest absolute Gasteiger partial charge is 0.464 e. The van der Waals surface area contributed by atoms with Crippen LogP contribution in [-0.2, 0) is 16.1 Å². The third-order valence-corrected chi connectivity index (χ3v) is 1.39. The molecule has 0 amide bonds. The number of hydrogen-bond acceptors (Lipinski definition) is 5. The van der Waals surface area contributed by atoms with E-state index in [0.29, 0.717) is 0 Å². The van der Waals surface area contributed by atoms with Crippen molar-refractivity contribution >= 4 is 5.97 Å². The molecular weight excluding hydrogens is 174 g/mol. The number of aromatic nitrogens is 3. The van der Waals surface area contributed by atoms with Gasteiger partial charge in [0.2, 0.25) is 0 Å². The van der Waals surface area contributed by atoms with Gasteiger partial charge >= 0.3 is 5.97 Å². The molecule has 0 fully saturated rings. The van der Waals surface area contributed by atoms with Gasteiger partial charge in [-0.25, -0.2) is 14.5 Å². The molecule has 0 aromatic carbocycles. The van der Waals surface area contributed by atoms with Crippen LogP contribution < -0.4 is 0 Å². The van der Waals surface area contributed by atoms with E-state index in [1.165, 1.54) is 17.3 Å². The van der Waals surface area contributed by atoms with E-state index in [-0.39, 0.29) is 13.2 Å². The van der Waals surface area contributed by atoms with E-state index in [2.05, 4.69) is 14.8 Å². The maximum atomic E-state index is 10.9. The Kier molecular flexibility index (Phi) is 3.39. The van der Waals surface area contributed by atoms with Crippen molar-refractivity contribution in [3.8, 4) is 0 Å². The second kappa shape index (κ2) is 4.56. The monoisotopic (exact) mass is 185 g/mol. The highest BCUT2D eigenvalue weighted by atomic mass is 16.5. The fraction of sp³-hybridized carbons (Fsp3) is 0.571. The number of esters is 1. The van der Waals surface area contributed by atoms with E-state index < -0.39 is 12.1 Å². The molecule has 0 radical (unpaired) electrons. The summed E-state index contributed by atoms with van der Waals surface area (Å²) in [5.41, 5.74) is 0. The van der Waals surface area contributed by atoms with Crippen LogP contribution in [0.25, 0.3) is 0 Å². The third kappa shape index (κ3) is 2.83. The van der Waals surface area contributed by atoms with Crippen LogP contribution in [-0.4, -0.2) is 38.6 Å². The lowest BCUT2D eigenvalue weighted by Crippen LogP contribution is -2.28. The number of aliphatic hydroxyl groups is 1. The van der Waals surface area contributed by atoms with E-state index >= 15 is 0 Å². The Morgan fingerprint density at radius 1 is 1.77 bits per heavy atom. The summed E-state index contributed by atoms with van der Waals surface area (Å²) in [6, 6.07) is 0.